The van der Waals surface area contributed by atoms with E-state index in [0.717, 1.165) is 75.6 Å². The number of fused-ring (bicyclic) bond motifs is 1. The summed E-state index contributed by atoms with van der Waals surface area (Å²) in [6.07, 6.45) is 9.08. The van der Waals surface area contributed by atoms with Crippen molar-refractivity contribution in [1.29, 1.82) is 0 Å². The number of hydrogen-bond donors (Lipinski definition) is 5. The lowest BCUT2D eigenvalue weighted by molar-refractivity contribution is -0.182. The molecule has 0 unspecified atom stereocenters. The van der Waals surface area contributed by atoms with Gasteiger partial charge in [-0.1, -0.05) is 18.9 Å². The zero-order valence-corrected chi connectivity index (χ0v) is 30.6. The lowest BCUT2D eigenvalue weighted by Crippen LogP contribution is -2.65. The predicted octanol–water partition coefficient (Wildman–Crippen LogP) is 5.13. The number of esters is 2. The Labute approximate surface area is 302 Å². The van der Waals surface area contributed by atoms with E-state index in [2.05, 4.69) is 10.6 Å². The molecule has 0 spiro atoms. The number of phenols is 1. The molecule has 11 nitrogen and oxygen atoms in total. The molecule has 8 atom stereocenters. The quantitative estimate of drug-likeness (QED) is 0.164. The molecule has 11 heteroatoms. The Morgan fingerprint density at radius 3 is 2.57 bits per heavy atom. The molecule has 0 radical (unpaired) electrons. The summed E-state index contributed by atoms with van der Waals surface area (Å²) >= 11 is 0. The Balaban J connectivity index is 1.45. The number of carbonyl (C=O) groups excluding carboxylic acids is 3. The van der Waals surface area contributed by atoms with Crippen LogP contribution in [0.1, 0.15) is 140 Å². The van der Waals surface area contributed by atoms with Crippen molar-refractivity contribution in [2.45, 2.75) is 152 Å². The second-order valence-electron chi connectivity index (χ2n) is 16.2. The van der Waals surface area contributed by atoms with Gasteiger partial charge in [0, 0.05) is 37.4 Å². The van der Waals surface area contributed by atoms with E-state index < -0.39 is 35.2 Å². The lowest BCUT2D eigenvalue weighted by atomic mass is 9.57. The Bertz CT molecular complexity index is 1390. The van der Waals surface area contributed by atoms with Crippen LogP contribution in [-0.4, -0.2) is 83.3 Å². The van der Waals surface area contributed by atoms with E-state index in [-0.39, 0.29) is 54.3 Å². The van der Waals surface area contributed by atoms with E-state index in [1.807, 2.05) is 6.07 Å². The molecule has 0 aromatic heterocycles. The third kappa shape index (κ3) is 7.91. The predicted molar refractivity (Wildman–Crippen MR) is 190 cm³/mol. The second kappa shape index (κ2) is 16.4. The lowest BCUT2D eigenvalue weighted by Gasteiger charge is -2.53. The molecular formula is C40H60N2O9. The highest BCUT2D eigenvalue weighted by atomic mass is 16.6. The Hall–Kier alpha value is -2.89. The summed E-state index contributed by atoms with van der Waals surface area (Å²) in [7, 11) is 0. The minimum Gasteiger partial charge on any atom is -0.504 e. The second-order valence-corrected chi connectivity index (χ2v) is 16.2. The normalized spacial score (nSPS) is 29.2. The van der Waals surface area contributed by atoms with Crippen molar-refractivity contribution in [3.63, 3.8) is 0 Å². The van der Waals surface area contributed by atoms with Gasteiger partial charge in [-0.2, -0.15) is 0 Å². The van der Waals surface area contributed by atoms with Crippen molar-refractivity contribution in [2.75, 3.05) is 26.3 Å². The highest BCUT2D eigenvalue weighted by Crippen LogP contribution is 2.59. The summed E-state index contributed by atoms with van der Waals surface area (Å²) in [6.45, 7) is 5.16. The van der Waals surface area contributed by atoms with E-state index >= 15 is 0 Å². The van der Waals surface area contributed by atoms with Gasteiger partial charge in [-0.15, -0.1) is 0 Å². The fourth-order valence-corrected chi connectivity index (χ4v) is 10.6. The number of rotatable bonds is 14. The summed E-state index contributed by atoms with van der Waals surface area (Å²) in [5.74, 6) is -0.109. The van der Waals surface area contributed by atoms with Crippen molar-refractivity contribution < 1.29 is 43.9 Å². The van der Waals surface area contributed by atoms with Crippen molar-refractivity contribution in [1.82, 2.24) is 10.6 Å². The highest BCUT2D eigenvalue weighted by Gasteiger charge is 2.56. The van der Waals surface area contributed by atoms with Crippen molar-refractivity contribution >= 4 is 17.8 Å². The number of aliphatic hydroxyl groups is 2. The molecular weight excluding hydrogens is 652 g/mol. The molecule has 1 aromatic carbocycles. The summed E-state index contributed by atoms with van der Waals surface area (Å²) in [4.78, 5) is 40.6. The minimum atomic E-state index is -1.08. The average Bonchev–Trinajstić information content (AvgIpc) is 3.12. The number of piperidine rings is 2. The smallest absolute Gasteiger partial charge is 0.332 e. The Kier molecular flexibility index (Phi) is 12.2. The summed E-state index contributed by atoms with van der Waals surface area (Å²) < 4.78 is 19.2. The van der Waals surface area contributed by atoms with Crippen LogP contribution in [0.15, 0.2) is 12.1 Å². The number of phenolic OH excluding ortho intramolecular Hbond substituents is 1. The molecule has 1 aromatic rings. The van der Waals surface area contributed by atoms with Crippen molar-refractivity contribution in [2.24, 2.45) is 17.3 Å². The first-order chi connectivity index (χ1) is 24.6. The number of carbonyl (C=O) groups is 3. The largest absolute Gasteiger partial charge is 0.504 e. The van der Waals surface area contributed by atoms with Crippen LogP contribution in [0.25, 0.3) is 0 Å². The van der Waals surface area contributed by atoms with Gasteiger partial charge >= 0.3 is 11.9 Å². The standard InChI is InChI=1S/C40H60N2O9/c1-25(44)8-9-27(6-5-22-43)33(50-26(2)45)24-34(51-38(48)40-17-4-3-7-29(40)11-15-35(47)42-40)39(18-20-41-21-19-39)31-13-10-28-16-23-49-37-32(46)14-12-30(31)36(28)37/h12,14,25,27-29,31,33-34,41,43-44,46H,3-11,13,15-24H2,1-2H3,(H,42,47)/t25-,27-,28+,29+,31+,33-,34+,40+/m0/s1. The van der Waals surface area contributed by atoms with Crippen LogP contribution in [0.4, 0.5) is 0 Å². The van der Waals surface area contributed by atoms with Crippen LogP contribution in [0, 0.1) is 17.3 Å². The van der Waals surface area contributed by atoms with Crippen molar-refractivity contribution in [3.8, 4) is 11.5 Å². The number of benzene rings is 1. The molecule has 5 aliphatic rings. The number of aliphatic hydroxyl groups excluding tert-OH is 2. The molecule has 1 amide bonds. The van der Waals surface area contributed by atoms with E-state index in [9.17, 15) is 29.7 Å². The van der Waals surface area contributed by atoms with Gasteiger partial charge in [0.2, 0.25) is 5.91 Å². The third-order valence-corrected chi connectivity index (χ3v) is 13.1. The average molecular weight is 713 g/mol. The molecule has 3 aliphatic heterocycles. The van der Waals surface area contributed by atoms with E-state index in [1.165, 1.54) is 6.92 Å². The SMILES string of the molecule is CC(=O)O[C@@H](C[C@@H](OC(=O)[C@@]12CCCC[C@@H]1CCC(=O)N2)C1([C@@H]2CC[C@@H]3CCOc4c(O)ccc2c43)CCNCC1)[C@@H](CCCO)CC[C@H](C)O. The van der Waals surface area contributed by atoms with Gasteiger partial charge in [0.05, 0.1) is 12.7 Å². The van der Waals surface area contributed by atoms with Gasteiger partial charge in [0.1, 0.15) is 17.7 Å². The first kappa shape index (κ1) is 37.9. The minimum absolute atomic E-state index is 0.00499. The number of amides is 1. The first-order valence-corrected chi connectivity index (χ1v) is 19.8. The maximum absolute atomic E-state index is 14.9. The van der Waals surface area contributed by atoms with Gasteiger partial charge in [-0.05, 0) is 132 Å². The number of hydrogen-bond acceptors (Lipinski definition) is 10. The zero-order valence-electron chi connectivity index (χ0n) is 30.6. The molecule has 2 aliphatic carbocycles. The molecule has 51 heavy (non-hydrogen) atoms. The monoisotopic (exact) mass is 712 g/mol. The fraction of sp³-hybridized carbons (Fsp3) is 0.775. The van der Waals surface area contributed by atoms with E-state index in [1.54, 1.807) is 13.0 Å². The molecule has 6 rings (SSSR count). The van der Waals surface area contributed by atoms with Crippen LogP contribution in [0.2, 0.25) is 0 Å². The van der Waals surface area contributed by atoms with Gasteiger partial charge in [0.15, 0.2) is 11.5 Å². The number of aromatic hydroxyl groups is 1. The van der Waals surface area contributed by atoms with E-state index in [0.29, 0.717) is 57.3 Å². The van der Waals surface area contributed by atoms with Crippen LogP contribution in [0.5, 0.6) is 11.5 Å². The first-order valence-electron chi connectivity index (χ1n) is 19.8. The van der Waals surface area contributed by atoms with Crippen LogP contribution >= 0.6 is 0 Å². The van der Waals surface area contributed by atoms with Crippen LogP contribution < -0.4 is 15.4 Å². The molecule has 3 heterocycles. The third-order valence-electron chi connectivity index (χ3n) is 13.1. The van der Waals surface area contributed by atoms with Gasteiger partial charge in [0.25, 0.3) is 0 Å². The number of nitrogens with one attached hydrogen (secondary N) is 2. The summed E-state index contributed by atoms with van der Waals surface area (Å²) in [5, 5.41) is 37.7. The topological polar surface area (TPSA) is 164 Å². The fourth-order valence-electron chi connectivity index (χ4n) is 10.6. The van der Waals surface area contributed by atoms with E-state index in [4.69, 9.17) is 14.2 Å². The molecule has 0 bridgehead atoms. The molecule has 3 fully saturated rings. The molecule has 284 valence electrons. The van der Waals surface area contributed by atoms with Gasteiger partial charge in [-0.3, -0.25) is 9.59 Å². The maximum atomic E-state index is 14.9. The zero-order chi connectivity index (χ0) is 36.2. The molecule has 5 N–H and O–H groups in total. The van der Waals surface area contributed by atoms with Crippen LogP contribution in [-0.2, 0) is 23.9 Å². The van der Waals surface area contributed by atoms with Crippen molar-refractivity contribution in [3.05, 3.63) is 23.3 Å². The Morgan fingerprint density at radius 2 is 1.82 bits per heavy atom. The molecule has 1 saturated carbocycles. The Morgan fingerprint density at radius 1 is 1.02 bits per heavy atom. The van der Waals surface area contributed by atoms with Gasteiger partial charge in [-0.25, -0.2) is 4.79 Å². The van der Waals surface area contributed by atoms with Gasteiger partial charge < -0.3 is 40.2 Å². The van der Waals surface area contributed by atoms with Crippen LogP contribution in [0.3, 0.4) is 0 Å². The summed E-state index contributed by atoms with van der Waals surface area (Å²) in [5.41, 5.74) is 0.581. The maximum Gasteiger partial charge on any atom is 0.332 e. The summed E-state index contributed by atoms with van der Waals surface area (Å²) in [6, 6.07) is 3.77. The molecule has 2 saturated heterocycles. The highest BCUT2D eigenvalue weighted by molar-refractivity contribution is 5.90. The number of ether oxygens (including phenoxy) is 3.